The summed E-state index contributed by atoms with van der Waals surface area (Å²) in [5, 5.41) is 12.5. The summed E-state index contributed by atoms with van der Waals surface area (Å²) in [5.74, 6) is -0.369. The lowest BCUT2D eigenvalue weighted by atomic mass is 10.1. The molecule has 0 saturated heterocycles. The summed E-state index contributed by atoms with van der Waals surface area (Å²) in [7, 11) is 0. The number of nitrogens with zero attached hydrogens (tertiary/aromatic N) is 1. The summed E-state index contributed by atoms with van der Waals surface area (Å²) in [6.07, 6.45) is 0.175. The Balaban J connectivity index is 1.58. The first kappa shape index (κ1) is 17.4. The fourth-order valence-electron chi connectivity index (χ4n) is 2.55. The van der Waals surface area contributed by atoms with Gasteiger partial charge in [-0.2, -0.15) is 5.10 Å². The maximum atomic E-state index is 12.3. The number of hydrogen-bond donors (Lipinski definition) is 3. The number of anilines is 1. The van der Waals surface area contributed by atoms with E-state index in [0.717, 1.165) is 11.3 Å². The van der Waals surface area contributed by atoms with Crippen LogP contribution in [0.5, 0.6) is 0 Å². The molecule has 0 unspecified atom stereocenters. The van der Waals surface area contributed by atoms with Crippen molar-refractivity contribution in [1.29, 1.82) is 0 Å². The summed E-state index contributed by atoms with van der Waals surface area (Å²) >= 11 is 0. The number of hydrogen-bond acceptors (Lipinski definition) is 3. The molecule has 132 valence electrons. The van der Waals surface area contributed by atoms with Crippen LogP contribution in [0.1, 0.15) is 27.3 Å². The number of benzene rings is 2. The van der Waals surface area contributed by atoms with Gasteiger partial charge in [-0.1, -0.05) is 36.4 Å². The predicted octanol–water partition coefficient (Wildman–Crippen LogP) is 2.83. The fraction of sp³-hybridized carbons (Fsp3) is 0.150. The van der Waals surface area contributed by atoms with Gasteiger partial charge in [-0.15, -0.1) is 0 Å². The van der Waals surface area contributed by atoms with Gasteiger partial charge < -0.3 is 10.6 Å². The van der Waals surface area contributed by atoms with Gasteiger partial charge in [-0.05, 0) is 36.8 Å². The molecule has 3 aromatic rings. The van der Waals surface area contributed by atoms with E-state index in [4.69, 9.17) is 0 Å². The molecule has 0 saturated carbocycles. The normalized spacial score (nSPS) is 10.3. The van der Waals surface area contributed by atoms with Crippen LogP contribution in [0.4, 0.5) is 5.69 Å². The summed E-state index contributed by atoms with van der Waals surface area (Å²) < 4.78 is 0. The van der Waals surface area contributed by atoms with E-state index in [2.05, 4.69) is 20.8 Å². The number of amides is 2. The van der Waals surface area contributed by atoms with Crippen LogP contribution in [-0.2, 0) is 17.8 Å². The predicted molar refractivity (Wildman–Crippen MR) is 99.7 cm³/mol. The lowest BCUT2D eigenvalue weighted by molar-refractivity contribution is -0.115. The minimum Gasteiger partial charge on any atom is -0.348 e. The monoisotopic (exact) mass is 348 g/mol. The smallest absolute Gasteiger partial charge is 0.251 e. The van der Waals surface area contributed by atoms with Gasteiger partial charge >= 0.3 is 0 Å². The number of aromatic nitrogens is 2. The number of carbonyl (C=O) groups excluding carboxylic acids is 2. The summed E-state index contributed by atoms with van der Waals surface area (Å²) in [6, 6.07) is 18.4. The minimum absolute atomic E-state index is 0.175. The molecular formula is C20H20N4O2. The average Bonchev–Trinajstić information content (AvgIpc) is 3.05. The molecule has 0 aliphatic carbocycles. The van der Waals surface area contributed by atoms with Crippen molar-refractivity contribution in [1.82, 2.24) is 15.5 Å². The second-order valence-electron chi connectivity index (χ2n) is 6.02. The molecule has 0 aliphatic rings. The Morgan fingerprint density at radius 1 is 1.04 bits per heavy atom. The molecular weight excluding hydrogens is 328 g/mol. The van der Waals surface area contributed by atoms with Crippen molar-refractivity contribution < 1.29 is 9.59 Å². The SMILES string of the molecule is Cc1cc(CC(=O)Nc2cccc(C(=O)NCc3ccccc3)c2)n[nH]1. The van der Waals surface area contributed by atoms with E-state index in [9.17, 15) is 9.59 Å². The lowest BCUT2D eigenvalue weighted by Gasteiger charge is -2.08. The quantitative estimate of drug-likeness (QED) is 0.640. The first-order valence-electron chi connectivity index (χ1n) is 8.33. The minimum atomic E-state index is -0.187. The summed E-state index contributed by atoms with van der Waals surface area (Å²) in [4.78, 5) is 24.4. The topological polar surface area (TPSA) is 86.9 Å². The number of rotatable bonds is 6. The zero-order valence-electron chi connectivity index (χ0n) is 14.5. The Labute approximate surface area is 151 Å². The van der Waals surface area contributed by atoms with Crippen molar-refractivity contribution in [3.63, 3.8) is 0 Å². The van der Waals surface area contributed by atoms with Gasteiger partial charge in [0.2, 0.25) is 5.91 Å². The van der Waals surface area contributed by atoms with E-state index in [1.54, 1.807) is 24.3 Å². The van der Waals surface area contributed by atoms with Crippen molar-refractivity contribution >= 4 is 17.5 Å². The van der Waals surface area contributed by atoms with Gasteiger partial charge in [0, 0.05) is 23.5 Å². The molecule has 2 amide bonds. The van der Waals surface area contributed by atoms with Crippen LogP contribution in [0.3, 0.4) is 0 Å². The number of carbonyl (C=O) groups is 2. The highest BCUT2D eigenvalue weighted by Gasteiger charge is 2.09. The molecule has 0 aliphatic heterocycles. The molecule has 0 spiro atoms. The van der Waals surface area contributed by atoms with E-state index in [1.807, 2.05) is 43.3 Å². The van der Waals surface area contributed by atoms with Crippen molar-refractivity contribution in [3.05, 3.63) is 83.2 Å². The van der Waals surface area contributed by atoms with E-state index in [1.165, 1.54) is 0 Å². The molecule has 26 heavy (non-hydrogen) atoms. The van der Waals surface area contributed by atoms with Crippen LogP contribution in [0.25, 0.3) is 0 Å². The second kappa shape index (κ2) is 8.11. The highest BCUT2D eigenvalue weighted by atomic mass is 16.2. The molecule has 3 N–H and O–H groups in total. The third kappa shape index (κ3) is 4.80. The Kier molecular flexibility index (Phi) is 5.43. The third-order valence-corrected chi connectivity index (χ3v) is 3.81. The van der Waals surface area contributed by atoms with Crippen LogP contribution in [0.15, 0.2) is 60.7 Å². The number of H-pyrrole nitrogens is 1. The van der Waals surface area contributed by atoms with Crippen molar-refractivity contribution in [2.45, 2.75) is 19.9 Å². The zero-order valence-corrected chi connectivity index (χ0v) is 14.5. The lowest BCUT2D eigenvalue weighted by Crippen LogP contribution is -2.23. The van der Waals surface area contributed by atoms with E-state index >= 15 is 0 Å². The Bertz CT molecular complexity index is 903. The molecule has 0 fully saturated rings. The first-order valence-corrected chi connectivity index (χ1v) is 8.33. The number of aryl methyl sites for hydroxylation is 1. The Morgan fingerprint density at radius 3 is 2.58 bits per heavy atom. The summed E-state index contributed by atoms with van der Waals surface area (Å²) in [6.45, 7) is 2.33. The highest BCUT2D eigenvalue weighted by Crippen LogP contribution is 2.12. The van der Waals surface area contributed by atoms with Crippen LogP contribution < -0.4 is 10.6 Å². The molecule has 3 rings (SSSR count). The molecule has 6 heteroatoms. The van der Waals surface area contributed by atoms with Gasteiger partial charge in [-0.3, -0.25) is 14.7 Å². The molecule has 0 bridgehead atoms. The van der Waals surface area contributed by atoms with Crippen molar-refractivity contribution in [3.8, 4) is 0 Å². The molecule has 1 heterocycles. The highest BCUT2D eigenvalue weighted by molar-refractivity contribution is 5.97. The van der Waals surface area contributed by atoms with E-state index in [0.29, 0.717) is 23.5 Å². The first-order chi connectivity index (χ1) is 12.6. The van der Waals surface area contributed by atoms with Crippen LogP contribution in [-0.4, -0.2) is 22.0 Å². The Morgan fingerprint density at radius 2 is 1.85 bits per heavy atom. The van der Waals surface area contributed by atoms with Gasteiger partial charge in [0.1, 0.15) is 0 Å². The second-order valence-corrected chi connectivity index (χ2v) is 6.02. The van der Waals surface area contributed by atoms with Crippen LogP contribution >= 0.6 is 0 Å². The maximum Gasteiger partial charge on any atom is 0.251 e. The molecule has 6 nitrogen and oxygen atoms in total. The molecule has 0 atom stereocenters. The largest absolute Gasteiger partial charge is 0.348 e. The van der Waals surface area contributed by atoms with Gasteiger partial charge in [-0.25, -0.2) is 0 Å². The third-order valence-electron chi connectivity index (χ3n) is 3.81. The van der Waals surface area contributed by atoms with Gasteiger partial charge in [0.25, 0.3) is 5.91 Å². The maximum absolute atomic E-state index is 12.3. The average molecular weight is 348 g/mol. The van der Waals surface area contributed by atoms with Gasteiger partial charge in [0.15, 0.2) is 0 Å². The van der Waals surface area contributed by atoms with E-state index in [-0.39, 0.29) is 18.2 Å². The van der Waals surface area contributed by atoms with E-state index < -0.39 is 0 Å². The van der Waals surface area contributed by atoms with Crippen molar-refractivity contribution in [2.75, 3.05) is 5.32 Å². The molecule has 0 radical (unpaired) electrons. The van der Waals surface area contributed by atoms with Crippen LogP contribution in [0.2, 0.25) is 0 Å². The van der Waals surface area contributed by atoms with Gasteiger partial charge in [0.05, 0.1) is 12.1 Å². The summed E-state index contributed by atoms with van der Waals surface area (Å²) in [5.41, 5.74) is 3.69. The zero-order chi connectivity index (χ0) is 18.4. The Hall–Kier alpha value is -3.41. The van der Waals surface area contributed by atoms with Crippen molar-refractivity contribution in [2.24, 2.45) is 0 Å². The van der Waals surface area contributed by atoms with Crippen LogP contribution in [0, 0.1) is 6.92 Å². The number of nitrogens with one attached hydrogen (secondary N) is 3. The molecule has 1 aromatic heterocycles. The number of aromatic amines is 1. The molecule has 2 aromatic carbocycles. The fourth-order valence-corrected chi connectivity index (χ4v) is 2.55. The standard InChI is InChI=1S/C20H20N4O2/c1-14-10-18(24-23-14)12-19(25)22-17-9-5-8-16(11-17)20(26)21-13-15-6-3-2-4-7-15/h2-11H,12-13H2,1H3,(H,21,26)(H,22,25)(H,23,24).